The van der Waals surface area contributed by atoms with Gasteiger partial charge in [-0.2, -0.15) is 0 Å². The van der Waals surface area contributed by atoms with E-state index in [4.69, 9.17) is 28.4 Å². The normalized spacial score (nSPS) is 9.58. The zero-order chi connectivity index (χ0) is 9.14. The maximum atomic E-state index is 10.9. The van der Waals surface area contributed by atoms with E-state index in [0.717, 1.165) is 0 Å². The van der Waals surface area contributed by atoms with Crippen molar-refractivity contribution in [3.8, 4) is 0 Å². The number of benzene rings is 1. The van der Waals surface area contributed by atoms with E-state index in [9.17, 15) is 4.79 Å². The Labute approximate surface area is 78.9 Å². The van der Waals surface area contributed by atoms with Crippen molar-refractivity contribution in [3.05, 3.63) is 33.8 Å². The first-order chi connectivity index (χ1) is 5.65. The average Bonchev–Trinajstić information content (AvgIpc) is 2.03. The van der Waals surface area contributed by atoms with Crippen LogP contribution in [0, 0.1) is 0 Å². The lowest BCUT2D eigenvalue weighted by atomic mass is 10.2. The number of halogens is 2. The van der Waals surface area contributed by atoms with Gasteiger partial charge in [0.2, 0.25) is 0 Å². The number of hydroxylamine groups is 1. The van der Waals surface area contributed by atoms with Crippen LogP contribution in [-0.2, 0) is 0 Å². The van der Waals surface area contributed by atoms with Gasteiger partial charge in [0.25, 0.3) is 5.91 Å². The molecule has 0 aliphatic rings. The van der Waals surface area contributed by atoms with E-state index >= 15 is 0 Å². The zero-order valence-electron chi connectivity index (χ0n) is 5.84. The minimum absolute atomic E-state index is 0.184. The number of hydrogen-bond acceptors (Lipinski definition) is 2. The standard InChI is InChI=1S/C7H5Cl2NO2/c8-4-1-2-5(6(9)3-4)7(11)10-12/h1-3,12H,(H,10,11). The molecule has 1 amide bonds. The second-order valence-corrected chi connectivity index (χ2v) is 2.91. The van der Waals surface area contributed by atoms with Gasteiger partial charge in [-0.3, -0.25) is 10.0 Å². The zero-order valence-corrected chi connectivity index (χ0v) is 7.36. The van der Waals surface area contributed by atoms with Gasteiger partial charge < -0.3 is 0 Å². The highest BCUT2D eigenvalue weighted by Gasteiger charge is 2.08. The minimum atomic E-state index is -0.656. The molecule has 0 aliphatic carbocycles. The molecule has 0 fully saturated rings. The van der Waals surface area contributed by atoms with Gasteiger partial charge in [0.05, 0.1) is 10.6 Å². The van der Waals surface area contributed by atoms with Crippen molar-refractivity contribution in [2.45, 2.75) is 0 Å². The van der Waals surface area contributed by atoms with Crippen molar-refractivity contribution in [1.82, 2.24) is 5.48 Å². The molecule has 0 heterocycles. The van der Waals surface area contributed by atoms with Gasteiger partial charge >= 0.3 is 0 Å². The van der Waals surface area contributed by atoms with Crippen LogP contribution in [0.2, 0.25) is 10.0 Å². The van der Waals surface area contributed by atoms with Crippen LogP contribution in [0.15, 0.2) is 18.2 Å². The quantitative estimate of drug-likeness (QED) is 0.546. The highest BCUT2D eigenvalue weighted by Crippen LogP contribution is 2.20. The fourth-order valence-corrected chi connectivity index (χ4v) is 1.23. The summed E-state index contributed by atoms with van der Waals surface area (Å²) in [4.78, 5) is 10.9. The van der Waals surface area contributed by atoms with Gasteiger partial charge in [0.1, 0.15) is 0 Å². The van der Waals surface area contributed by atoms with Gasteiger partial charge in [0.15, 0.2) is 0 Å². The first kappa shape index (κ1) is 9.32. The van der Waals surface area contributed by atoms with E-state index < -0.39 is 5.91 Å². The van der Waals surface area contributed by atoms with Gasteiger partial charge in [-0.05, 0) is 18.2 Å². The third-order valence-corrected chi connectivity index (χ3v) is 1.83. The van der Waals surface area contributed by atoms with Gasteiger partial charge in [0, 0.05) is 5.02 Å². The maximum Gasteiger partial charge on any atom is 0.276 e. The highest BCUT2D eigenvalue weighted by molar-refractivity contribution is 6.36. The number of carbonyl (C=O) groups is 1. The van der Waals surface area contributed by atoms with Crippen LogP contribution in [0.1, 0.15) is 10.4 Å². The molecule has 1 rings (SSSR count). The largest absolute Gasteiger partial charge is 0.288 e. The molecule has 1 aromatic carbocycles. The smallest absolute Gasteiger partial charge is 0.276 e. The first-order valence-electron chi connectivity index (χ1n) is 3.04. The van der Waals surface area contributed by atoms with Crippen molar-refractivity contribution in [1.29, 1.82) is 0 Å². The topological polar surface area (TPSA) is 49.3 Å². The lowest BCUT2D eigenvalue weighted by molar-refractivity contribution is 0.0706. The van der Waals surface area contributed by atoms with Crippen LogP contribution >= 0.6 is 23.2 Å². The molecule has 0 aromatic heterocycles. The van der Waals surface area contributed by atoms with Gasteiger partial charge in [-0.15, -0.1) is 0 Å². The molecule has 64 valence electrons. The molecule has 0 bridgehead atoms. The lowest BCUT2D eigenvalue weighted by Crippen LogP contribution is -2.18. The van der Waals surface area contributed by atoms with Crippen LogP contribution in [0.3, 0.4) is 0 Å². The van der Waals surface area contributed by atoms with Crippen LogP contribution in [0.25, 0.3) is 0 Å². The van der Waals surface area contributed by atoms with E-state index in [1.54, 1.807) is 0 Å². The molecule has 2 N–H and O–H groups in total. The Bertz CT molecular complexity index is 314. The average molecular weight is 206 g/mol. The Balaban J connectivity index is 3.09. The monoisotopic (exact) mass is 205 g/mol. The molecule has 0 radical (unpaired) electrons. The van der Waals surface area contributed by atoms with Crippen molar-refractivity contribution in [2.24, 2.45) is 0 Å². The molecule has 0 saturated heterocycles. The summed E-state index contributed by atoms with van der Waals surface area (Å²) in [6.07, 6.45) is 0. The Kier molecular flexibility index (Phi) is 2.92. The van der Waals surface area contributed by atoms with Crippen LogP contribution < -0.4 is 5.48 Å². The SMILES string of the molecule is O=C(NO)c1ccc(Cl)cc1Cl. The first-order valence-corrected chi connectivity index (χ1v) is 3.80. The third-order valence-electron chi connectivity index (χ3n) is 1.28. The lowest BCUT2D eigenvalue weighted by Gasteiger charge is -2.00. The molecular formula is C7H5Cl2NO2. The van der Waals surface area contributed by atoms with E-state index in [-0.39, 0.29) is 10.6 Å². The molecule has 12 heavy (non-hydrogen) atoms. The molecule has 0 atom stereocenters. The van der Waals surface area contributed by atoms with Crippen LogP contribution in [0.4, 0.5) is 0 Å². The fourth-order valence-electron chi connectivity index (χ4n) is 0.734. The summed E-state index contributed by atoms with van der Waals surface area (Å²) in [5.41, 5.74) is 1.66. The Hall–Kier alpha value is -0.770. The summed E-state index contributed by atoms with van der Waals surface area (Å²) >= 11 is 11.2. The third kappa shape index (κ3) is 1.88. The maximum absolute atomic E-state index is 10.9. The predicted octanol–water partition coefficient (Wildman–Crippen LogP) is 2.11. The van der Waals surface area contributed by atoms with Crippen LogP contribution in [0.5, 0.6) is 0 Å². The minimum Gasteiger partial charge on any atom is -0.288 e. The number of hydrogen-bond donors (Lipinski definition) is 2. The second-order valence-electron chi connectivity index (χ2n) is 2.07. The highest BCUT2D eigenvalue weighted by atomic mass is 35.5. The molecule has 3 nitrogen and oxygen atoms in total. The summed E-state index contributed by atoms with van der Waals surface area (Å²) in [5.74, 6) is -0.656. The molecule has 0 aliphatic heterocycles. The number of amides is 1. The van der Waals surface area contributed by atoms with Crippen molar-refractivity contribution in [3.63, 3.8) is 0 Å². The van der Waals surface area contributed by atoms with Crippen LogP contribution in [-0.4, -0.2) is 11.1 Å². The molecule has 0 unspecified atom stereocenters. The molecule has 0 spiro atoms. The van der Waals surface area contributed by atoms with Gasteiger partial charge in [-0.25, -0.2) is 5.48 Å². The summed E-state index contributed by atoms with van der Waals surface area (Å²) in [6, 6.07) is 4.36. The molecule has 5 heteroatoms. The second kappa shape index (κ2) is 3.76. The summed E-state index contributed by atoms with van der Waals surface area (Å²) in [5, 5.41) is 8.93. The molecule has 0 saturated carbocycles. The fraction of sp³-hybridized carbons (Fsp3) is 0. The number of carbonyl (C=O) groups excluding carboxylic acids is 1. The van der Waals surface area contributed by atoms with E-state index in [1.165, 1.54) is 23.7 Å². The van der Waals surface area contributed by atoms with E-state index in [1.807, 2.05) is 0 Å². The Morgan fingerprint density at radius 2 is 2.08 bits per heavy atom. The molecule has 1 aromatic rings. The summed E-state index contributed by atoms with van der Waals surface area (Å²) in [6.45, 7) is 0. The summed E-state index contributed by atoms with van der Waals surface area (Å²) in [7, 11) is 0. The van der Waals surface area contributed by atoms with Gasteiger partial charge in [-0.1, -0.05) is 23.2 Å². The number of rotatable bonds is 1. The predicted molar refractivity (Wildman–Crippen MR) is 45.7 cm³/mol. The van der Waals surface area contributed by atoms with E-state index in [2.05, 4.69) is 0 Å². The number of nitrogens with one attached hydrogen (secondary N) is 1. The Morgan fingerprint density at radius 3 is 2.58 bits per heavy atom. The van der Waals surface area contributed by atoms with Crippen molar-refractivity contribution < 1.29 is 10.0 Å². The van der Waals surface area contributed by atoms with E-state index in [0.29, 0.717) is 5.02 Å². The van der Waals surface area contributed by atoms with Crippen molar-refractivity contribution >= 4 is 29.1 Å². The van der Waals surface area contributed by atoms with Crippen molar-refractivity contribution in [2.75, 3.05) is 0 Å². The summed E-state index contributed by atoms with van der Waals surface area (Å²) < 4.78 is 0. The molecular weight excluding hydrogens is 201 g/mol. The Morgan fingerprint density at radius 1 is 1.42 bits per heavy atom.